The predicted molar refractivity (Wildman–Crippen MR) is 131 cm³/mol. The molecule has 32 heavy (non-hydrogen) atoms. The third-order valence-corrected chi connectivity index (χ3v) is 6.13. The quantitative estimate of drug-likeness (QED) is 0.359. The van der Waals surface area contributed by atoms with Gasteiger partial charge in [-0.05, 0) is 79.5 Å². The smallest absolute Gasteiger partial charge is 0.281 e. The molecule has 1 amide bonds. The van der Waals surface area contributed by atoms with Crippen LogP contribution in [0.3, 0.4) is 0 Å². The van der Waals surface area contributed by atoms with Crippen LogP contribution >= 0.6 is 23.8 Å². The van der Waals surface area contributed by atoms with Crippen LogP contribution in [0.4, 0.5) is 5.69 Å². The first-order chi connectivity index (χ1) is 15.4. The summed E-state index contributed by atoms with van der Waals surface area (Å²) in [5.74, 6) is 1.70. The maximum atomic E-state index is 13.0. The Hall–Kier alpha value is -3.09. The number of anilines is 1. The second-order valence-electron chi connectivity index (χ2n) is 7.57. The van der Waals surface area contributed by atoms with E-state index in [-0.39, 0.29) is 12.5 Å². The second-order valence-corrected chi connectivity index (χ2v) is 8.34. The number of hydrogen-bond acceptors (Lipinski definition) is 4. The molecule has 1 aliphatic heterocycles. The standard InChI is InChI=1S/C25H23ClN2O3S/c1-4-17-7-5-6-8-22(17)28-24(29)21(27-25(28)32)13-18-9-10-19(31-18)14-30-20-11-15(2)23(26)16(3)12-20/h5-13H,4,14H2,1-3H3,(H,27,32)/b21-13+. The topological polar surface area (TPSA) is 54.7 Å². The summed E-state index contributed by atoms with van der Waals surface area (Å²) < 4.78 is 11.7. The van der Waals surface area contributed by atoms with Crippen molar-refractivity contribution >= 4 is 46.6 Å². The SMILES string of the molecule is CCc1ccccc1N1C(=O)/C(=C\c2ccc(COc3cc(C)c(Cl)c(C)c3)o2)NC1=S. The molecule has 1 N–H and O–H groups in total. The zero-order chi connectivity index (χ0) is 22.8. The lowest BCUT2D eigenvalue weighted by Gasteiger charge is -2.17. The molecule has 0 bridgehead atoms. The molecule has 5 nitrogen and oxygen atoms in total. The first-order valence-corrected chi connectivity index (χ1v) is 11.1. The number of nitrogens with zero attached hydrogens (tertiary/aromatic N) is 1. The summed E-state index contributed by atoms with van der Waals surface area (Å²) in [6, 6.07) is 15.2. The molecule has 1 aliphatic rings. The van der Waals surface area contributed by atoms with Gasteiger partial charge in [-0.2, -0.15) is 0 Å². The van der Waals surface area contributed by atoms with Gasteiger partial charge in [-0.1, -0.05) is 36.7 Å². The van der Waals surface area contributed by atoms with Crippen LogP contribution in [0.25, 0.3) is 6.08 Å². The van der Waals surface area contributed by atoms with Crippen molar-refractivity contribution in [2.75, 3.05) is 4.90 Å². The molecule has 4 rings (SSSR count). The third-order valence-electron chi connectivity index (χ3n) is 5.25. The highest BCUT2D eigenvalue weighted by molar-refractivity contribution is 7.80. The van der Waals surface area contributed by atoms with Gasteiger partial charge >= 0.3 is 0 Å². The summed E-state index contributed by atoms with van der Waals surface area (Å²) in [6.07, 6.45) is 2.46. The van der Waals surface area contributed by atoms with Crippen molar-refractivity contribution in [3.05, 3.63) is 87.5 Å². The maximum absolute atomic E-state index is 13.0. The number of aryl methyl sites for hydroxylation is 3. The van der Waals surface area contributed by atoms with E-state index in [1.165, 1.54) is 4.90 Å². The number of rotatable bonds is 6. The Morgan fingerprint density at radius 3 is 2.59 bits per heavy atom. The maximum Gasteiger partial charge on any atom is 0.281 e. The van der Waals surface area contributed by atoms with Gasteiger partial charge in [0.25, 0.3) is 5.91 Å². The minimum absolute atomic E-state index is 0.211. The highest BCUT2D eigenvalue weighted by atomic mass is 35.5. The number of amides is 1. The van der Waals surface area contributed by atoms with Crippen LogP contribution in [0.1, 0.15) is 35.1 Å². The van der Waals surface area contributed by atoms with E-state index >= 15 is 0 Å². The summed E-state index contributed by atoms with van der Waals surface area (Å²) in [4.78, 5) is 14.6. The number of carbonyl (C=O) groups is 1. The van der Waals surface area contributed by atoms with Crippen molar-refractivity contribution in [2.45, 2.75) is 33.8 Å². The second kappa shape index (κ2) is 9.18. The molecule has 1 aromatic heterocycles. The van der Waals surface area contributed by atoms with Crippen molar-refractivity contribution in [1.29, 1.82) is 0 Å². The lowest BCUT2D eigenvalue weighted by molar-refractivity contribution is -0.113. The van der Waals surface area contributed by atoms with Crippen molar-refractivity contribution in [3.63, 3.8) is 0 Å². The zero-order valence-corrected chi connectivity index (χ0v) is 19.6. The van der Waals surface area contributed by atoms with Crippen LogP contribution in [0.2, 0.25) is 5.02 Å². The molecule has 1 saturated heterocycles. The fourth-order valence-corrected chi connectivity index (χ4v) is 4.02. The highest BCUT2D eigenvalue weighted by Gasteiger charge is 2.33. The molecule has 7 heteroatoms. The number of thiocarbonyl (C=S) groups is 1. The number of para-hydroxylation sites is 1. The molecule has 1 fully saturated rings. The van der Waals surface area contributed by atoms with Gasteiger partial charge in [0.1, 0.15) is 29.6 Å². The predicted octanol–water partition coefficient (Wildman–Crippen LogP) is 5.95. The normalized spacial score (nSPS) is 14.9. The first-order valence-electron chi connectivity index (χ1n) is 10.3. The minimum atomic E-state index is -0.211. The molecule has 2 aromatic carbocycles. The lowest BCUT2D eigenvalue weighted by Crippen LogP contribution is -2.31. The molecule has 0 atom stereocenters. The van der Waals surface area contributed by atoms with Gasteiger partial charge < -0.3 is 14.5 Å². The van der Waals surface area contributed by atoms with Crippen LogP contribution in [-0.2, 0) is 17.8 Å². The Morgan fingerprint density at radius 2 is 1.88 bits per heavy atom. The van der Waals surface area contributed by atoms with Crippen LogP contribution in [-0.4, -0.2) is 11.0 Å². The molecule has 0 unspecified atom stereocenters. The van der Waals surface area contributed by atoms with Crippen molar-refractivity contribution in [1.82, 2.24) is 5.32 Å². The van der Waals surface area contributed by atoms with E-state index in [1.807, 2.05) is 63.2 Å². The molecular formula is C25H23ClN2O3S. The van der Waals surface area contributed by atoms with Crippen LogP contribution in [0, 0.1) is 13.8 Å². The van der Waals surface area contributed by atoms with Crippen LogP contribution in [0.15, 0.2) is 58.6 Å². The van der Waals surface area contributed by atoms with E-state index in [0.717, 1.165) is 39.6 Å². The van der Waals surface area contributed by atoms with E-state index in [1.54, 1.807) is 12.1 Å². The summed E-state index contributed by atoms with van der Waals surface area (Å²) >= 11 is 11.6. The number of furan rings is 1. The molecule has 3 aromatic rings. The van der Waals surface area contributed by atoms with Crippen molar-refractivity contribution in [2.24, 2.45) is 0 Å². The number of ether oxygens (including phenoxy) is 1. The molecule has 0 saturated carbocycles. The summed E-state index contributed by atoms with van der Waals surface area (Å²) in [5.41, 5.74) is 4.14. The van der Waals surface area contributed by atoms with Crippen molar-refractivity contribution in [3.8, 4) is 5.75 Å². The molecular weight excluding hydrogens is 444 g/mol. The van der Waals surface area contributed by atoms with Gasteiger partial charge in [-0.3, -0.25) is 9.69 Å². The zero-order valence-electron chi connectivity index (χ0n) is 18.1. The largest absolute Gasteiger partial charge is 0.486 e. The third kappa shape index (κ3) is 4.42. The Balaban J connectivity index is 1.48. The fraction of sp³-hybridized carbons (Fsp3) is 0.200. The minimum Gasteiger partial charge on any atom is -0.486 e. The summed E-state index contributed by atoms with van der Waals surface area (Å²) in [5, 5.41) is 4.10. The average molecular weight is 467 g/mol. The van der Waals surface area contributed by atoms with Crippen LogP contribution < -0.4 is 15.0 Å². The average Bonchev–Trinajstić information content (AvgIpc) is 3.34. The Bertz CT molecular complexity index is 1210. The van der Waals surface area contributed by atoms with Gasteiger partial charge in [0.15, 0.2) is 5.11 Å². The Labute approximate surface area is 197 Å². The number of hydrogen-bond donors (Lipinski definition) is 1. The van der Waals surface area contributed by atoms with Gasteiger partial charge in [0.2, 0.25) is 0 Å². The van der Waals surface area contributed by atoms with E-state index < -0.39 is 0 Å². The number of halogens is 1. The molecule has 0 aliphatic carbocycles. The molecule has 164 valence electrons. The lowest BCUT2D eigenvalue weighted by atomic mass is 10.1. The van der Waals surface area contributed by atoms with E-state index in [2.05, 4.69) is 5.32 Å². The van der Waals surface area contributed by atoms with Gasteiger partial charge in [-0.15, -0.1) is 0 Å². The van der Waals surface area contributed by atoms with Crippen molar-refractivity contribution < 1.29 is 13.9 Å². The van der Waals surface area contributed by atoms with E-state index in [0.29, 0.717) is 22.3 Å². The molecule has 2 heterocycles. The summed E-state index contributed by atoms with van der Waals surface area (Å²) in [7, 11) is 0. The van der Waals surface area contributed by atoms with Gasteiger partial charge in [-0.25, -0.2) is 0 Å². The van der Waals surface area contributed by atoms with E-state index in [4.69, 9.17) is 33.0 Å². The monoisotopic (exact) mass is 466 g/mol. The number of nitrogens with one attached hydrogen (secondary N) is 1. The number of benzene rings is 2. The van der Waals surface area contributed by atoms with Gasteiger partial charge in [0, 0.05) is 11.1 Å². The Morgan fingerprint density at radius 1 is 1.16 bits per heavy atom. The highest BCUT2D eigenvalue weighted by Crippen LogP contribution is 2.28. The summed E-state index contributed by atoms with van der Waals surface area (Å²) in [6.45, 7) is 6.19. The number of carbonyl (C=O) groups excluding carboxylic acids is 1. The molecule has 0 spiro atoms. The van der Waals surface area contributed by atoms with Crippen LogP contribution in [0.5, 0.6) is 5.75 Å². The first kappa shape index (κ1) is 22.1. The fourth-order valence-electron chi connectivity index (χ4n) is 3.62. The van der Waals surface area contributed by atoms with Gasteiger partial charge in [0.05, 0.1) is 5.69 Å². The Kier molecular flexibility index (Phi) is 6.35. The molecule has 0 radical (unpaired) electrons. The van der Waals surface area contributed by atoms with E-state index in [9.17, 15) is 4.79 Å².